The smallest absolute Gasteiger partial charge is 0.150 e. The number of sulfone groups is 1. The summed E-state index contributed by atoms with van der Waals surface area (Å²) in [6.07, 6.45) is 0.738. The Bertz CT molecular complexity index is 554. The summed E-state index contributed by atoms with van der Waals surface area (Å²) in [5.41, 5.74) is 1.88. The van der Waals surface area contributed by atoms with Crippen LogP contribution in [0.2, 0.25) is 0 Å². The summed E-state index contributed by atoms with van der Waals surface area (Å²) in [6, 6.07) is 5.64. The van der Waals surface area contributed by atoms with Crippen molar-refractivity contribution in [1.29, 1.82) is 0 Å². The Morgan fingerprint density at radius 2 is 2.21 bits per heavy atom. The zero-order chi connectivity index (χ0) is 14.0. The first-order chi connectivity index (χ1) is 8.87. The van der Waals surface area contributed by atoms with Crippen LogP contribution >= 0.6 is 0 Å². The topological polar surface area (TPSA) is 66.4 Å². The fraction of sp³-hybridized carbons (Fsp3) is 0.571. The van der Waals surface area contributed by atoms with Crippen LogP contribution in [-0.2, 0) is 9.84 Å². The van der Waals surface area contributed by atoms with Gasteiger partial charge in [0.25, 0.3) is 0 Å². The van der Waals surface area contributed by atoms with E-state index in [9.17, 15) is 13.5 Å². The van der Waals surface area contributed by atoms with Gasteiger partial charge in [-0.05, 0) is 44.4 Å². The van der Waals surface area contributed by atoms with Crippen molar-refractivity contribution in [3.63, 3.8) is 0 Å². The molecule has 0 saturated carbocycles. The Morgan fingerprint density at radius 3 is 2.79 bits per heavy atom. The first-order valence-electron chi connectivity index (χ1n) is 6.61. The second-order valence-corrected chi connectivity index (χ2v) is 7.69. The number of benzene rings is 1. The van der Waals surface area contributed by atoms with Gasteiger partial charge in [-0.2, -0.15) is 0 Å². The molecule has 1 aliphatic rings. The zero-order valence-electron chi connectivity index (χ0n) is 11.4. The lowest BCUT2D eigenvalue weighted by molar-refractivity contribution is 0.437. The van der Waals surface area contributed by atoms with Crippen LogP contribution in [0.3, 0.4) is 0 Å². The maximum Gasteiger partial charge on any atom is 0.150 e. The second kappa shape index (κ2) is 5.51. The van der Waals surface area contributed by atoms with Crippen LogP contribution in [0.15, 0.2) is 18.2 Å². The van der Waals surface area contributed by atoms with Gasteiger partial charge in [-0.15, -0.1) is 0 Å². The first kappa shape index (κ1) is 14.3. The fourth-order valence-corrected chi connectivity index (χ4v) is 4.37. The largest absolute Gasteiger partial charge is 0.508 e. The normalized spacial score (nSPS) is 23.4. The van der Waals surface area contributed by atoms with E-state index in [0.717, 1.165) is 17.5 Å². The molecule has 2 atom stereocenters. The quantitative estimate of drug-likeness (QED) is 0.884. The molecule has 0 aromatic heterocycles. The van der Waals surface area contributed by atoms with Crippen molar-refractivity contribution >= 4 is 9.84 Å². The van der Waals surface area contributed by atoms with Crippen molar-refractivity contribution in [3.8, 4) is 5.75 Å². The van der Waals surface area contributed by atoms with Crippen molar-refractivity contribution < 1.29 is 13.5 Å². The predicted octanol–water partition coefficient (Wildman–Crippen LogP) is 1.79. The molecule has 1 saturated heterocycles. The van der Waals surface area contributed by atoms with E-state index < -0.39 is 9.84 Å². The summed E-state index contributed by atoms with van der Waals surface area (Å²) in [6.45, 7) is 4.59. The van der Waals surface area contributed by atoms with Gasteiger partial charge in [0.2, 0.25) is 0 Å². The summed E-state index contributed by atoms with van der Waals surface area (Å²) in [4.78, 5) is 0. The third-order valence-corrected chi connectivity index (χ3v) is 5.53. The highest BCUT2D eigenvalue weighted by Gasteiger charge is 2.27. The Kier molecular flexibility index (Phi) is 4.16. The van der Waals surface area contributed by atoms with Crippen LogP contribution in [0.4, 0.5) is 0 Å². The summed E-state index contributed by atoms with van der Waals surface area (Å²) in [7, 11) is -2.81. The molecule has 1 aromatic rings. The van der Waals surface area contributed by atoms with Crippen LogP contribution in [0.25, 0.3) is 0 Å². The molecule has 1 aromatic carbocycles. The lowest BCUT2D eigenvalue weighted by Gasteiger charge is -2.18. The molecule has 0 bridgehead atoms. The highest BCUT2D eigenvalue weighted by molar-refractivity contribution is 7.91. The van der Waals surface area contributed by atoms with Gasteiger partial charge in [-0.3, -0.25) is 0 Å². The average Bonchev–Trinajstić information content (AvgIpc) is 2.66. The Labute approximate surface area is 114 Å². The van der Waals surface area contributed by atoms with Crippen molar-refractivity contribution in [1.82, 2.24) is 5.32 Å². The van der Waals surface area contributed by atoms with Crippen LogP contribution in [0.1, 0.15) is 30.5 Å². The van der Waals surface area contributed by atoms with Crippen molar-refractivity contribution in [2.75, 3.05) is 18.1 Å². The number of rotatable bonds is 4. The van der Waals surface area contributed by atoms with E-state index in [1.165, 1.54) is 0 Å². The van der Waals surface area contributed by atoms with E-state index in [1.54, 1.807) is 6.07 Å². The molecule has 5 heteroatoms. The highest BCUT2D eigenvalue weighted by Crippen LogP contribution is 2.25. The number of aryl methyl sites for hydroxylation is 1. The molecule has 0 aliphatic carbocycles. The number of phenols is 1. The molecular weight excluding hydrogens is 262 g/mol. The molecule has 2 rings (SSSR count). The Morgan fingerprint density at radius 1 is 1.47 bits per heavy atom. The lowest BCUT2D eigenvalue weighted by atomic mass is 10.0. The number of phenolic OH excluding ortho intramolecular Hbond substituents is 1. The van der Waals surface area contributed by atoms with Crippen molar-refractivity contribution in [2.45, 2.75) is 26.3 Å². The molecule has 0 spiro atoms. The molecule has 4 nitrogen and oxygen atoms in total. The molecular formula is C14H21NO3S. The SMILES string of the molecule is Cc1ccc(C(C)NCC2CCS(=O)(=O)C2)c(O)c1. The minimum atomic E-state index is -2.81. The van der Waals surface area contributed by atoms with E-state index >= 15 is 0 Å². The van der Waals surface area contributed by atoms with E-state index in [-0.39, 0.29) is 17.7 Å². The molecule has 1 fully saturated rings. The maximum atomic E-state index is 11.4. The summed E-state index contributed by atoms with van der Waals surface area (Å²) in [5, 5.41) is 13.2. The van der Waals surface area contributed by atoms with E-state index in [2.05, 4.69) is 5.32 Å². The van der Waals surface area contributed by atoms with Crippen molar-refractivity contribution in [2.24, 2.45) is 5.92 Å². The number of nitrogens with one attached hydrogen (secondary N) is 1. The standard InChI is InChI=1S/C14H21NO3S/c1-10-3-4-13(14(16)7-10)11(2)15-8-12-5-6-19(17,18)9-12/h3-4,7,11-12,15-16H,5-6,8-9H2,1-2H3. The second-order valence-electron chi connectivity index (χ2n) is 5.46. The van der Waals surface area contributed by atoms with E-state index in [0.29, 0.717) is 18.0 Å². The van der Waals surface area contributed by atoms with Crippen LogP contribution in [0.5, 0.6) is 5.75 Å². The minimum Gasteiger partial charge on any atom is -0.508 e. The monoisotopic (exact) mass is 283 g/mol. The first-order valence-corrected chi connectivity index (χ1v) is 8.43. The highest BCUT2D eigenvalue weighted by atomic mass is 32.2. The predicted molar refractivity (Wildman–Crippen MR) is 76.0 cm³/mol. The van der Waals surface area contributed by atoms with Gasteiger partial charge in [-0.25, -0.2) is 8.42 Å². The van der Waals surface area contributed by atoms with Crippen LogP contribution in [-0.4, -0.2) is 31.6 Å². The van der Waals surface area contributed by atoms with Gasteiger partial charge in [-0.1, -0.05) is 12.1 Å². The molecule has 0 radical (unpaired) electrons. The van der Waals surface area contributed by atoms with Crippen molar-refractivity contribution in [3.05, 3.63) is 29.3 Å². The van der Waals surface area contributed by atoms with Gasteiger partial charge in [0.15, 0.2) is 9.84 Å². The summed E-state index contributed by atoms with van der Waals surface area (Å²) < 4.78 is 22.8. The average molecular weight is 283 g/mol. The molecule has 2 N–H and O–H groups in total. The lowest BCUT2D eigenvalue weighted by Crippen LogP contribution is -2.26. The van der Waals surface area contributed by atoms with Crippen LogP contribution < -0.4 is 5.32 Å². The number of aromatic hydroxyl groups is 1. The van der Waals surface area contributed by atoms with Gasteiger partial charge >= 0.3 is 0 Å². The van der Waals surface area contributed by atoms with E-state index in [4.69, 9.17) is 0 Å². The zero-order valence-corrected chi connectivity index (χ0v) is 12.2. The van der Waals surface area contributed by atoms with Gasteiger partial charge in [0.1, 0.15) is 5.75 Å². The van der Waals surface area contributed by atoms with Gasteiger partial charge in [0, 0.05) is 11.6 Å². The van der Waals surface area contributed by atoms with Gasteiger partial charge < -0.3 is 10.4 Å². The molecule has 19 heavy (non-hydrogen) atoms. The Hall–Kier alpha value is -1.07. The molecule has 106 valence electrons. The minimum absolute atomic E-state index is 0.0175. The maximum absolute atomic E-state index is 11.4. The van der Waals surface area contributed by atoms with Gasteiger partial charge in [0.05, 0.1) is 11.5 Å². The summed E-state index contributed by atoms with van der Waals surface area (Å²) in [5.74, 6) is 1.08. The number of hydrogen-bond acceptors (Lipinski definition) is 4. The van der Waals surface area contributed by atoms with E-state index in [1.807, 2.05) is 26.0 Å². The molecule has 2 unspecified atom stereocenters. The fourth-order valence-electron chi connectivity index (χ4n) is 2.51. The number of hydrogen-bond donors (Lipinski definition) is 2. The van der Waals surface area contributed by atoms with Crippen LogP contribution in [0, 0.1) is 12.8 Å². The third-order valence-electron chi connectivity index (χ3n) is 3.69. The molecule has 1 aliphatic heterocycles. The third kappa shape index (κ3) is 3.70. The molecule has 1 heterocycles. The molecule has 0 amide bonds. The summed E-state index contributed by atoms with van der Waals surface area (Å²) >= 11 is 0. The Balaban J connectivity index is 1.93.